The molecule has 0 spiro atoms. The van der Waals surface area contributed by atoms with E-state index >= 15 is 0 Å². The van der Waals surface area contributed by atoms with Crippen LogP contribution in [0.4, 0.5) is 0 Å². The summed E-state index contributed by atoms with van der Waals surface area (Å²) in [6, 6.07) is 3.36. The van der Waals surface area contributed by atoms with Crippen LogP contribution in [0, 0.1) is 0 Å². The van der Waals surface area contributed by atoms with Crippen LogP contribution in [-0.4, -0.2) is 50.3 Å². The van der Waals surface area contributed by atoms with Gasteiger partial charge in [0.15, 0.2) is 21.3 Å². The molecule has 1 aromatic carbocycles. The lowest BCUT2D eigenvalue weighted by atomic mass is 10.00. The lowest BCUT2D eigenvalue weighted by Gasteiger charge is -2.36. The molecule has 2 heterocycles. The zero-order chi connectivity index (χ0) is 20.3. The van der Waals surface area contributed by atoms with Gasteiger partial charge in [0.1, 0.15) is 5.25 Å². The van der Waals surface area contributed by atoms with Gasteiger partial charge in [0.05, 0.1) is 24.0 Å². The number of rotatable bonds is 5. The van der Waals surface area contributed by atoms with Crippen LogP contribution in [0.2, 0.25) is 5.02 Å². The lowest BCUT2D eigenvalue weighted by Crippen LogP contribution is -2.49. The van der Waals surface area contributed by atoms with Crippen molar-refractivity contribution in [1.82, 2.24) is 4.90 Å². The Morgan fingerprint density at radius 3 is 2.75 bits per heavy atom. The summed E-state index contributed by atoms with van der Waals surface area (Å²) in [7, 11) is -3.69. The highest BCUT2D eigenvalue weighted by atomic mass is 35.5. The molecule has 6 nitrogen and oxygen atoms in total. The molecule has 2 aliphatic heterocycles. The van der Waals surface area contributed by atoms with Crippen LogP contribution < -0.4 is 9.47 Å². The summed E-state index contributed by atoms with van der Waals surface area (Å²) in [5.41, 5.74) is 0.500. The van der Waals surface area contributed by atoms with Crippen molar-refractivity contribution >= 4 is 27.3 Å². The van der Waals surface area contributed by atoms with Gasteiger partial charge in [-0.25, -0.2) is 8.42 Å². The smallest absolute Gasteiger partial charge is 0.240 e. The van der Waals surface area contributed by atoms with Crippen LogP contribution in [0.1, 0.15) is 51.5 Å². The zero-order valence-electron chi connectivity index (χ0n) is 16.4. The maximum absolute atomic E-state index is 13.0. The number of amides is 1. The second-order valence-electron chi connectivity index (χ2n) is 7.49. The Balaban J connectivity index is 1.78. The highest BCUT2D eigenvalue weighted by molar-refractivity contribution is 7.92. The molecule has 0 bridgehead atoms. The predicted molar refractivity (Wildman–Crippen MR) is 109 cm³/mol. The average Bonchev–Trinajstić information content (AvgIpc) is 2.92. The van der Waals surface area contributed by atoms with Crippen molar-refractivity contribution in [1.29, 1.82) is 0 Å². The molecule has 0 saturated carbocycles. The SMILES string of the molecule is CCC1CCCCN1C(=O)C(C)S(=O)(=O)Cc1cc(Cl)c2c(c1)OCCCO2. The minimum absolute atomic E-state index is 0.131. The monoisotopic (exact) mass is 429 g/mol. The summed E-state index contributed by atoms with van der Waals surface area (Å²) < 4.78 is 37.2. The standard InChI is InChI=1S/C20H28ClNO5S/c1-3-16-7-4-5-8-22(16)20(23)14(2)28(24,25)13-15-11-17(21)19-18(12-15)26-9-6-10-27-19/h11-12,14,16H,3-10,13H2,1-2H3. The quantitative estimate of drug-likeness (QED) is 0.715. The van der Waals surface area contributed by atoms with Gasteiger partial charge in [-0.05, 0) is 50.3 Å². The van der Waals surface area contributed by atoms with Crippen LogP contribution >= 0.6 is 11.6 Å². The van der Waals surface area contributed by atoms with Gasteiger partial charge in [0, 0.05) is 19.0 Å². The van der Waals surface area contributed by atoms with Crippen LogP contribution in [0.15, 0.2) is 12.1 Å². The van der Waals surface area contributed by atoms with E-state index in [2.05, 4.69) is 0 Å². The number of likely N-dealkylation sites (tertiary alicyclic amines) is 1. The Morgan fingerprint density at radius 1 is 1.25 bits per heavy atom. The Morgan fingerprint density at radius 2 is 2.00 bits per heavy atom. The maximum atomic E-state index is 13.0. The molecule has 28 heavy (non-hydrogen) atoms. The second-order valence-corrected chi connectivity index (χ2v) is 10.2. The van der Waals surface area contributed by atoms with Crippen LogP contribution in [0.5, 0.6) is 11.5 Å². The van der Waals surface area contributed by atoms with Gasteiger partial charge in [-0.15, -0.1) is 0 Å². The fraction of sp³-hybridized carbons (Fsp3) is 0.650. The van der Waals surface area contributed by atoms with Gasteiger partial charge in [0.2, 0.25) is 5.91 Å². The molecule has 2 atom stereocenters. The number of hydrogen-bond donors (Lipinski definition) is 0. The van der Waals surface area contributed by atoms with E-state index in [1.54, 1.807) is 17.0 Å². The van der Waals surface area contributed by atoms with Gasteiger partial charge in [-0.3, -0.25) is 4.79 Å². The number of sulfone groups is 1. The largest absolute Gasteiger partial charge is 0.489 e. The average molecular weight is 430 g/mol. The van der Waals surface area contributed by atoms with E-state index < -0.39 is 15.1 Å². The molecule has 1 fully saturated rings. The van der Waals surface area contributed by atoms with E-state index in [9.17, 15) is 13.2 Å². The summed E-state index contributed by atoms with van der Waals surface area (Å²) in [6.07, 6.45) is 4.52. The Labute approximate surface area is 172 Å². The number of ether oxygens (including phenoxy) is 2. The Hall–Kier alpha value is -1.47. The van der Waals surface area contributed by atoms with E-state index in [0.29, 0.717) is 41.8 Å². The summed E-state index contributed by atoms with van der Waals surface area (Å²) in [5.74, 6) is 0.341. The first kappa shape index (κ1) is 21.2. The van der Waals surface area contributed by atoms with Crippen molar-refractivity contribution in [2.24, 2.45) is 0 Å². The maximum Gasteiger partial charge on any atom is 0.240 e. The van der Waals surface area contributed by atoms with Gasteiger partial charge in [-0.1, -0.05) is 18.5 Å². The van der Waals surface area contributed by atoms with Crippen molar-refractivity contribution in [3.05, 3.63) is 22.7 Å². The Kier molecular flexibility index (Phi) is 6.76. The molecule has 1 saturated heterocycles. The topological polar surface area (TPSA) is 72.9 Å². The fourth-order valence-electron chi connectivity index (χ4n) is 3.83. The third kappa shape index (κ3) is 4.57. The number of halogens is 1. The first-order chi connectivity index (χ1) is 13.3. The molecule has 0 N–H and O–H groups in total. The molecule has 0 aromatic heterocycles. The summed E-state index contributed by atoms with van der Waals surface area (Å²) in [5, 5.41) is -0.764. The molecule has 156 valence electrons. The first-order valence-corrected chi connectivity index (χ1v) is 12.0. The van der Waals surface area contributed by atoms with Crippen molar-refractivity contribution < 1.29 is 22.7 Å². The van der Waals surface area contributed by atoms with Crippen molar-refractivity contribution in [3.63, 3.8) is 0 Å². The molecule has 2 unspecified atom stereocenters. The number of nitrogens with zero attached hydrogens (tertiary/aromatic N) is 1. The van der Waals surface area contributed by atoms with E-state index in [1.807, 2.05) is 6.92 Å². The van der Waals surface area contributed by atoms with Gasteiger partial charge >= 0.3 is 0 Å². The fourth-order valence-corrected chi connectivity index (χ4v) is 5.44. The molecule has 2 aliphatic rings. The molecular weight excluding hydrogens is 402 g/mol. The molecule has 1 aromatic rings. The van der Waals surface area contributed by atoms with Crippen molar-refractivity contribution in [2.75, 3.05) is 19.8 Å². The van der Waals surface area contributed by atoms with Crippen LogP contribution in [-0.2, 0) is 20.4 Å². The summed E-state index contributed by atoms with van der Waals surface area (Å²) in [4.78, 5) is 14.7. The summed E-state index contributed by atoms with van der Waals surface area (Å²) in [6.45, 7) is 5.15. The first-order valence-electron chi connectivity index (χ1n) is 9.93. The van der Waals surface area contributed by atoms with E-state index in [-0.39, 0.29) is 17.7 Å². The van der Waals surface area contributed by atoms with Crippen molar-refractivity contribution in [2.45, 2.75) is 63.0 Å². The third-order valence-electron chi connectivity index (χ3n) is 5.50. The molecule has 8 heteroatoms. The van der Waals surface area contributed by atoms with E-state index in [4.69, 9.17) is 21.1 Å². The number of carbonyl (C=O) groups excluding carboxylic acids is 1. The second kappa shape index (κ2) is 8.91. The number of hydrogen-bond acceptors (Lipinski definition) is 5. The van der Waals surface area contributed by atoms with Crippen LogP contribution in [0.3, 0.4) is 0 Å². The molecular formula is C20H28ClNO5S. The molecule has 0 radical (unpaired) electrons. The minimum Gasteiger partial charge on any atom is -0.489 e. The van der Waals surface area contributed by atoms with E-state index in [0.717, 1.165) is 32.1 Å². The number of carbonyl (C=O) groups is 1. The molecule has 1 amide bonds. The van der Waals surface area contributed by atoms with Gasteiger partial charge in [-0.2, -0.15) is 0 Å². The number of fused-ring (bicyclic) bond motifs is 1. The summed E-state index contributed by atoms with van der Waals surface area (Å²) >= 11 is 6.28. The molecule has 0 aliphatic carbocycles. The van der Waals surface area contributed by atoms with Gasteiger partial charge < -0.3 is 14.4 Å². The highest BCUT2D eigenvalue weighted by Gasteiger charge is 2.35. The number of benzene rings is 1. The highest BCUT2D eigenvalue weighted by Crippen LogP contribution is 2.38. The molecule has 3 rings (SSSR count). The normalized spacial score (nSPS) is 21.1. The van der Waals surface area contributed by atoms with Crippen molar-refractivity contribution in [3.8, 4) is 11.5 Å². The predicted octanol–water partition coefficient (Wildman–Crippen LogP) is 3.60. The zero-order valence-corrected chi connectivity index (χ0v) is 18.0. The minimum atomic E-state index is -3.69. The van der Waals surface area contributed by atoms with E-state index in [1.165, 1.54) is 6.92 Å². The third-order valence-corrected chi connectivity index (χ3v) is 7.79. The lowest BCUT2D eigenvalue weighted by molar-refractivity contribution is -0.134. The Bertz CT molecular complexity index is 826. The van der Waals surface area contributed by atoms with Crippen LogP contribution in [0.25, 0.3) is 0 Å². The van der Waals surface area contributed by atoms with Gasteiger partial charge in [0.25, 0.3) is 0 Å². The number of piperidine rings is 1.